The zero-order valence-corrected chi connectivity index (χ0v) is 11.7. The molecule has 1 aromatic heterocycles. The van der Waals surface area contributed by atoms with E-state index < -0.39 is 11.9 Å². The molecule has 0 amide bonds. The summed E-state index contributed by atoms with van der Waals surface area (Å²) in [7, 11) is 1.56. The Balaban J connectivity index is 2.86. The Kier molecular flexibility index (Phi) is 6.00. The summed E-state index contributed by atoms with van der Waals surface area (Å²) in [5, 5.41) is 5.61. The van der Waals surface area contributed by atoms with E-state index in [4.69, 9.17) is 4.74 Å². The number of nitrogens with zero attached hydrogens (tertiary/aromatic N) is 2. The van der Waals surface area contributed by atoms with Crippen molar-refractivity contribution in [3.05, 3.63) is 11.8 Å². The lowest BCUT2D eigenvalue weighted by Gasteiger charge is -2.14. The van der Waals surface area contributed by atoms with Gasteiger partial charge in [-0.15, -0.1) is 0 Å². The standard InChI is InChI=1S/C12H19F3N4O/c1-8(2)17-10-7-9(12(13,14)15)18-11(19-10)16-5-4-6-20-3/h7-8H,4-6H2,1-3H3,(H2,16,17,18,19). The van der Waals surface area contributed by atoms with Crippen LogP contribution in [0.5, 0.6) is 0 Å². The minimum absolute atomic E-state index is 0.0210. The van der Waals surface area contributed by atoms with Crippen molar-refractivity contribution in [1.82, 2.24) is 9.97 Å². The first-order valence-corrected chi connectivity index (χ1v) is 6.28. The van der Waals surface area contributed by atoms with Crippen molar-refractivity contribution in [2.75, 3.05) is 30.9 Å². The van der Waals surface area contributed by atoms with Crippen LogP contribution >= 0.6 is 0 Å². The summed E-state index contributed by atoms with van der Waals surface area (Å²) in [5.41, 5.74) is -0.968. The quantitative estimate of drug-likeness (QED) is 0.757. The Morgan fingerprint density at radius 3 is 2.55 bits per heavy atom. The molecule has 0 aliphatic carbocycles. The van der Waals surface area contributed by atoms with E-state index in [2.05, 4.69) is 20.6 Å². The molecular formula is C12H19F3N4O. The highest BCUT2D eigenvalue weighted by Crippen LogP contribution is 2.29. The van der Waals surface area contributed by atoms with Crippen LogP contribution in [0.1, 0.15) is 26.0 Å². The van der Waals surface area contributed by atoms with E-state index in [9.17, 15) is 13.2 Å². The molecule has 1 aromatic rings. The van der Waals surface area contributed by atoms with Crippen LogP contribution in [0.25, 0.3) is 0 Å². The van der Waals surface area contributed by atoms with Crippen LogP contribution in [-0.4, -0.2) is 36.3 Å². The molecule has 2 N–H and O–H groups in total. The molecule has 5 nitrogen and oxygen atoms in total. The zero-order valence-electron chi connectivity index (χ0n) is 11.7. The summed E-state index contributed by atoms with van der Waals surface area (Å²) < 4.78 is 43.1. The van der Waals surface area contributed by atoms with Gasteiger partial charge in [-0.05, 0) is 20.3 Å². The minimum atomic E-state index is -4.50. The van der Waals surface area contributed by atoms with Gasteiger partial charge < -0.3 is 15.4 Å². The summed E-state index contributed by atoms with van der Waals surface area (Å²) in [4.78, 5) is 7.49. The van der Waals surface area contributed by atoms with E-state index in [1.165, 1.54) is 0 Å². The van der Waals surface area contributed by atoms with Gasteiger partial charge in [0.1, 0.15) is 5.82 Å². The first-order chi connectivity index (χ1) is 9.32. The van der Waals surface area contributed by atoms with E-state index >= 15 is 0 Å². The Labute approximate surface area is 116 Å². The summed E-state index contributed by atoms with van der Waals surface area (Å²) in [6, 6.07) is 0.882. The Morgan fingerprint density at radius 1 is 1.30 bits per heavy atom. The maximum absolute atomic E-state index is 12.8. The molecule has 20 heavy (non-hydrogen) atoms. The molecule has 114 valence electrons. The maximum atomic E-state index is 12.8. The fourth-order valence-corrected chi connectivity index (χ4v) is 1.46. The largest absolute Gasteiger partial charge is 0.433 e. The van der Waals surface area contributed by atoms with E-state index in [0.29, 0.717) is 19.6 Å². The fraction of sp³-hybridized carbons (Fsp3) is 0.667. The predicted molar refractivity (Wildman–Crippen MR) is 70.8 cm³/mol. The van der Waals surface area contributed by atoms with Crippen molar-refractivity contribution in [3.8, 4) is 0 Å². The molecule has 0 aliphatic rings. The first kappa shape index (κ1) is 16.5. The van der Waals surface area contributed by atoms with Crippen molar-refractivity contribution in [1.29, 1.82) is 0 Å². The average Bonchev–Trinajstić information content (AvgIpc) is 2.32. The molecule has 0 saturated carbocycles. The van der Waals surface area contributed by atoms with Crippen molar-refractivity contribution in [2.45, 2.75) is 32.5 Å². The number of hydrogen-bond donors (Lipinski definition) is 2. The van der Waals surface area contributed by atoms with E-state index in [-0.39, 0.29) is 17.8 Å². The summed E-state index contributed by atoms with van der Waals surface area (Å²) in [6.07, 6.45) is -3.84. The Morgan fingerprint density at radius 2 is 2.00 bits per heavy atom. The fourth-order valence-electron chi connectivity index (χ4n) is 1.46. The molecule has 0 aromatic carbocycles. The van der Waals surface area contributed by atoms with E-state index in [1.54, 1.807) is 7.11 Å². The molecule has 0 radical (unpaired) electrons. The number of aromatic nitrogens is 2. The molecule has 1 rings (SSSR count). The lowest BCUT2D eigenvalue weighted by molar-refractivity contribution is -0.141. The lowest BCUT2D eigenvalue weighted by Crippen LogP contribution is -2.17. The Bertz CT molecular complexity index is 424. The predicted octanol–water partition coefficient (Wildman–Crippen LogP) is 2.76. The molecule has 8 heteroatoms. The van der Waals surface area contributed by atoms with Gasteiger partial charge in [0.25, 0.3) is 0 Å². The smallest absolute Gasteiger partial charge is 0.385 e. The number of hydrogen-bond acceptors (Lipinski definition) is 5. The topological polar surface area (TPSA) is 59.1 Å². The molecule has 0 atom stereocenters. The molecule has 0 bridgehead atoms. The van der Waals surface area contributed by atoms with Gasteiger partial charge in [0.15, 0.2) is 5.69 Å². The second kappa shape index (κ2) is 7.28. The number of halogens is 3. The zero-order chi connectivity index (χ0) is 15.2. The van der Waals surface area contributed by atoms with Crippen molar-refractivity contribution in [3.63, 3.8) is 0 Å². The number of alkyl halides is 3. The van der Waals surface area contributed by atoms with Gasteiger partial charge in [0.2, 0.25) is 5.95 Å². The highest BCUT2D eigenvalue weighted by Gasteiger charge is 2.33. The molecule has 0 saturated heterocycles. The van der Waals surface area contributed by atoms with E-state index in [0.717, 1.165) is 6.07 Å². The van der Waals surface area contributed by atoms with Gasteiger partial charge in [0.05, 0.1) is 0 Å². The summed E-state index contributed by atoms with van der Waals surface area (Å²) in [6.45, 7) is 4.60. The van der Waals surface area contributed by atoms with Gasteiger partial charge in [-0.3, -0.25) is 0 Å². The monoisotopic (exact) mass is 292 g/mol. The van der Waals surface area contributed by atoms with Gasteiger partial charge >= 0.3 is 6.18 Å². The highest BCUT2D eigenvalue weighted by atomic mass is 19.4. The van der Waals surface area contributed by atoms with Gasteiger partial charge in [-0.1, -0.05) is 0 Å². The maximum Gasteiger partial charge on any atom is 0.433 e. The van der Waals surface area contributed by atoms with E-state index in [1.807, 2.05) is 13.8 Å². The van der Waals surface area contributed by atoms with Crippen LogP contribution < -0.4 is 10.6 Å². The SMILES string of the molecule is COCCCNc1nc(NC(C)C)cc(C(F)(F)F)n1. The molecule has 0 unspecified atom stereocenters. The van der Waals surface area contributed by atoms with Crippen molar-refractivity contribution in [2.24, 2.45) is 0 Å². The third-order valence-electron chi connectivity index (χ3n) is 2.26. The first-order valence-electron chi connectivity index (χ1n) is 6.28. The van der Waals surface area contributed by atoms with Gasteiger partial charge in [-0.2, -0.15) is 18.2 Å². The second-order valence-corrected chi connectivity index (χ2v) is 4.53. The lowest BCUT2D eigenvalue weighted by atomic mass is 10.3. The summed E-state index contributed by atoms with van der Waals surface area (Å²) >= 11 is 0. The highest BCUT2D eigenvalue weighted by molar-refractivity contribution is 5.43. The number of methoxy groups -OCH3 is 1. The third kappa shape index (κ3) is 5.60. The third-order valence-corrected chi connectivity index (χ3v) is 2.26. The average molecular weight is 292 g/mol. The van der Waals surface area contributed by atoms with Crippen LogP contribution in [0.2, 0.25) is 0 Å². The number of ether oxygens (including phenoxy) is 1. The van der Waals surface area contributed by atoms with Gasteiger partial charge in [0, 0.05) is 32.4 Å². The van der Waals surface area contributed by atoms with Crippen LogP contribution in [0.4, 0.5) is 24.9 Å². The van der Waals surface area contributed by atoms with Crippen LogP contribution in [0.15, 0.2) is 6.07 Å². The molecular weight excluding hydrogens is 273 g/mol. The van der Waals surface area contributed by atoms with Gasteiger partial charge in [-0.25, -0.2) is 4.98 Å². The van der Waals surface area contributed by atoms with Crippen LogP contribution in [-0.2, 0) is 10.9 Å². The molecule has 1 heterocycles. The second-order valence-electron chi connectivity index (χ2n) is 4.53. The van der Waals surface area contributed by atoms with Crippen LogP contribution in [0.3, 0.4) is 0 Å². The van der Waals surface area contributed by atoms with Crippen molar-refractivity contribution < 1.29 is 17.9 Å². The number of rotatable bonds is 7. The molecule has 0 aliphatic heterocycles. The molecule has 0 spiro atoms. The summed E-state index contributed by atoms with van der Waals surface area (Å²) in [5.74, 6) is 0.107. The Hall–Kier alpha value is -1.57. The number of nitrogens with one attached hydrogen (secondary N) is 2. The minimum Gasteiger partial charge on any atom is -0.385 e. The van der Waals surface area contributed by atoms with Crippen molar-refractivity contribution >= 4 is 11.8 Å². The van der Waals surface area contributed by atoms with Crippen LogP contribution in [0, 0.1) is 0 Å². The number of anilines is 2. The normalized spacial score (nSPS) is 11.8. The molecule has 0 fully saturated rings.